The van der Waals surface area contributed by atoms with Gasteiger partial charge in [0.15, 0.2) is 0 Å². The van der Waals surface area contributed by atoms with Gasteiger partial charge in [-0.3, -0.25) is 4.68 Å². The zero-order valence-corrected chi connectivity index (χ0v) is 9.19. The van der Waals surface area contributed by atoms with Gasteiger partial charge in [-0.2, -0.15) is 5.10 Å². The van der Waals surface area contributed by atoms with Crippen LogP contribution in [0.4, 0.5) is 0 Å². The van der Waals surface area contributed by atoms with Gasteiger partial charge in [0.25, 0.3) is 0 Å². The van der Waals surface area contributed by atoms with Crippen LogP contribution in [0.2, 0.25) is 0 Å². The van der Waals surface area contributed by atoms with Crippen LogP contribution >= 0.6 is 0 Å². The van der Waals surface area contributed by atoms with Crippen LogP contribution in [-0.2, 0) is 19.5 Å². The summed E-state index contributed by atoms with van der Waals surface area (Å²) >= 11 is 0. The number of hydrogen-bond donors (Lipinski definition) is 1. The molecule has 2 aromatic rings. The van der Waals surface area contributed by atoms with Gasteiger partial charge < -0.3 is 5.73 Å². The van der Waals surface area contributed by atoms with Crippen LogP contribution in [0.3, 0.4) is 0 Å². The second-order valence-corrected chi connectivity index (χ2v) is 4.17. The number of hydrogen-bond acceptors (Lipinski definition) is 2. The highest BCUT2D eigenvalue weighted by Gasteiger charge is 2.21. The average molecular weight is 213 g/mol. The molecule has 3 heteroatoms. The molecule has 1 aromatic heterocycles. The zero-order chi connectivity index (χ0) is 11.0. The molecule has 3 rings (SSSR count). The molecule has 0 saturated heterocycles. The summed E-state index contributed by atoms with van der Waals surface area (Å²) in [4.78, 5) is 0. The van der Waals surface area contributed by atoms with Crippen molar-refractivity contribution in [3.8, 4) is 11.1 Å². The quantitative estimate of drug-likeness (QED) is 0.828. The van der Waals surface area contributed by atoms with E-state index in [4.69, 9.17) is 5.73 Å². The molecule has 0 saturated carbocycles. The lowest BCUT2D eigenvalue weighted by Gasteiger charge is -2.03. The standard InChI is InChI=1S/C13H15N3/c14-9-11-13(10-5-2-1-3-6-10)12-7-4-8-16(12)15-11/h1-3,5-6H,4,7-9,14H2. The van der Waals surface area contributed by atoms with Crippen molar-refractivity contribution in [1.82, 2.24) is 9.78 Å². The fourth-order valence-corrected chi connectivity index (χ4v) is 2.47. The summed E-state index contributed by atoms with van der Waals surface area (Å²) in [6.07, 6.45) is 2.32. The van der Waals surface area contributed by atoms with Crippen molar-refractivity contribution in [2.75, 3.05) is 0 Å². The molecule has 1 aliphatic rings. The van der Waals surface area contributed by atoms with Crippen molar-refractivity contribution in [3.05, 3.63) is 41.7 Å². The third-order valence-electron chi connectivity index (χ3n) is 3.17. The lowest BCUT2D eigenvalue weighted by atomic mass is 10.0. The minimum Gasteiger partial charge on any atom is -0.325 e. The Morgan fingerprint density at radius 3 is 2.81 bits per heavy atom. The SMILES string of the molecule is NCc1nn2c(c1-c1ccccc1)CCC2. The van der Waals surface area contributed by atoms with Crippen LogP contribution in [0.5, 0.6) is 0 Å². The lowest BCUT2D eigenvalue weighted by molar-refractivity contribution is 0.644. The van der Waals surface area contributed by atoms with Gasteiger partial charge in [-0.15, -0.1) is 0 Å². The van der Waals surface area contributed by atoms with Gasteiger partial charge in [-0.05, 0) is 18.4 Å². The van der Waals surface area contributed by atoms with Crippen molar-refractivity contribution in [1.29, 1.82) is 0 Å². The van der Waals surface area contributed by atoms with Crippen molar-refractivity contribution in [2.45, 2.75) is 25.9 Å². The fraction of sp³-hybridized carbons (Fsp3) is 0.308. The van der Waals surface area contributed by atoms with E-state index in [-0.39, 0.29) is 0 Å². The maximum absolute atomic E-state index is 5.77. The van der Waals surface area contributed by atoms with E-state index >= 15 is 0 Å². The molecule has 0 amide bonds. The van der Waals surface area contributed by atoms with E-state index < -0.39 is 0 Å². The van der Waals surface area contributed by atoms with Gasteiger partial charge in [0.1, 0.15) is 0 Å². The van der Waals surface area contributed by atoms with Gasteiger partial charge in [-0.1, -0.05) is 30.3 Å². The molecule has 3 nitrogen and oxygen atoms in total. The molecule has 0 aliphatic carbocycles. The topological polar surface area (TPSA) is 43.8 Å². The summed E-state index contributed by atoms with van der Waals surface area (Å²) in [6.45, 7) is 1.55. The predicted molar refractivity (Wildman–Crippen MR) is 63.9 cm³/mol. The summed E-state index contributed by atoms with van der Waals surface area (Å²) in [5.74, 6) is 0. The summed E-state index contributed by atoms with van der Waals surface area (Å²) < 4.78 is 2.12. The molecule has 16 heavy (non-hydrogen) atoms. The van der Waals surface area contributed by atoms with Crippen LogP contribution in [-0.4, -0.2) is 9.78 Å². The van der Waals surface area contributed by atoms with Gasteiger partial charge in [0.05, 0.1) is 5.69 Å². The lowest BCUT2D eigenvalue weighted by Crippen LogP contribution is -2.01. The molecule has 0 bridgehead atoms. The number of nitrogens with two attached hydrogens (primary N) is 1. The molecular formula is C13H15N3. The van der Waals surface area contributed by atoms with E-state index in [9.17, 15) is 0 Å². The minimum absolute atomic E-state index is 0.518. The molecule has 0 radical (unpaired) electrons. The normalized spacial score (nSPS) is 14.1. The molecule has 0 fully saturated rings. The van der Waals surface area contributed by atoms with E-state index in [1.54, 1.807) is 0 Å². The second-order valence-electron chi connectivity index (χ2n) is 4.17. The van der Waals surface area contributed by atoms with E-state index in [0.29, 0.717) is 6.54 Å². The monoisotopic (exact) mass is 213 g/mol. The predicted octanol–water partition coefficient (Wildman–Crippen LogP) is 1.95. The molecule has 1 aliphatic heterocycles. The number of benzene rings is 1. The Morgan fingerprint density at radius 2 is 2.06 bits per heavy atom. The van der Waals surface area contributed by atoms with Gasteiger partial charge in [-0.25, -0.2) is 0 Å². The zero-order valence-electron chi connectivity index (χ0n) is 9.19. The molecule has 82 valence electrons. The Balaban J connectivity index is 2.19. The summed E-state index contributed by atoms with van der Waals surface area (Å²) in [6, 6.07) is 10.4. The van der Waals surface area contributed by atoms with Gasteiger partial charge >= 0.3 is 0 Å². The van der Waals surface area contributed by atoms with Crippen molar-refractivity contribution in [3.63, 3.8) is 0 Å². The van der Waals surface area contributed by atoms with Crippen molar-refractivity contribution >= 4 is 0 Å². The van der Waals surface area contributed by atoms with E-state index in [1.807, 2.05) is 6.07 Å². The Bertz CT molecular complexity index is 499. The van der Waals surface area contributed by atoms with Gasteiger partial charge in [0, 0.05) is 24.3 Å². The average Bonchev–Trinajstić information content (AvgIpc) is 2.89. The molecule has 2 N–H and O–H groups in total. The molecule has 0 atom stereocenters. The van der Waals surface area contributed by atoms with Crippen LogP contribution in [0.15, 0.2) is 30.3 Å². The molecule has 0 unspecified atom stereocenters. The summed E-state index contributed by atoms with van der Waals surface area (Å²) in [5.41, 5.74) is 10.7. The maximum atomic E-state index is 5.77. The highest BCUT2D eigenvalue weighted by Crippen LogP contribution is 2.31. The molecule has 1 aromatic carbocycles. The molecule has 2 heterocycles. The first-order chi connectivity index (χ1) is 7.90. The third-order valence-corrected chi connectivity index (χ3v) is 3.17. The highest BCUT2D eigenvalue weighted by molar-refractivity contribution is 5.69. The largest absolute Gasteiger partial charge is 0.325 e. The van der Waals surface area contributed by atoms with Crippen LogP contribution in [0.1, 0.15) is 17.8 Å². The van der Waals surface area contributed by atoms with E-state index in [0.717, 1.165) is 18.7 Å². The first kappa shape index (κ1) is 9.60. The molecule has 0 spiro atoms. The minimum atomic E-state index is 0.518. The Kier molecular flexibility index (Phi) is 2.26. The highest BCUT2D eigenvalue weighted by atomic mass is 15.3. The van der Waals surface area contributed by atoms with Crippen LogP contribution in [0.25, 0.3) is 11.1 Å². The number of aryl methyl sites for hydroxylation is 1. The third kappa shape index (κ3) is 1.36. The van der Waals surface area contributed by atoms with E-state index in [2.05, 4.69) is 34.0 Å². The summed E-state index contributed by atoms with van der Waals surface area (Å²) in [5, 5.41) is 4.58. The number of aromatic nitrogens is 2. The number of fused-ring (bicyclic) bond motifs is 1. The fourth-order valence-electron chi connectivity index (χ4n) is 2.47. The first-order valence-corrected chi connectivity index (χ1v) is 5.74. The maximum Gasteiger partial charge on any atom is 0.0841 e. The van der Waals surface area contributed by atoms with Crippen molar-refractivity contribution in [2.24, 2.45) is 5.73 Å². The second kappa shape index (κ2) is 3.76. The van der Waals surface area contributed by atoms with Crippen LogP contribution < -0.4 is 5.73 Å². The Labute approximate surface area is 94.9 Å². The molecular weight excluding hydrogens is 198 g/mol. The number of rotatable bonds is 2. The first-order valence-electron chi connectivity index (χ1n) is 5.74. The smallest absolute Gasteiger partial charge is 0.0841 e. The van der Waals surface area contributed by atoms with E-state index in [1.165, 1.54) is 23.2 Å². The number of nitrogens with zero attached hydrogens (tertiary/aromatic N) is 2. The summed E-state index contributed by atoms with van der Waals surface area (Å²) in [7, 11) is 0. The van der Waals surface area contributed by atoms with Crippen LogP contribution in [0, 0.1) is 0 Å². The van der Waals surface area contributed by atoms with Crippen molar-refractivity contribution < 1.29 is 0 Å². The Morgan fingerprint density at radius 1 is 1.25 bits per heavy atom. The Hall–Kier alpha value is -1.61. The van der Waals surface area contributed by atoms with Gasteiger partial charge in [0.2, 0.25) is 0 Å².